The zero-order valence-electron chi connectivity index (χ0n) is 12.7. The fourth-order valence-electron chi connectivity index (χ4n) is 2.69. The van der Waals surface area contributed by atoms with Crippen LogP contribution in [0, 0.1) is 10.1 Å². The Morgan fingerprint density at radius 3 is 2.67 bits per heavy atom. The molecule has 0 N–H and O–H groups in total. The number of pyridine rings is 1. The van der Waals surface area contributed by atoms with Crippen LogP contribution < -0.4 is 0 Å². The molecule has 0 aliphatic rings. The van der Waals surface area contributed by atoms with Crippen molar-refractivity contribution in [2.24, 2.45) is 7.05 Å². The van der Waals surface area contributed by atoms with Gasteiger partial charge in [0.2, 0.25) is 0 Å². The highest BCUT2D eigenvalue weighted by Gasteiger charge is 2.18. The van der Waals surface area contributed by atoms with Crippen LogP contribution in [0.1, 0.15) is 0 Å². The lowest BCUT2D eigenvalue weighted by Gasteiger charge is -2.00. The van der Waals surface area contributed by atoms with Gasteiger partial charge in [-0.1, -0.05) is 12.1 Å². The summed E-state index contributed by atoms with van der Waals surface area (Å²) in [7, 11) is 1.92. The van der Waals surface area contributed by atoms with Crippen molar-refractivity contribution in [2.75, 3.05) is 0 Å². The number of hydrogen-bond donors (Lipinski definition) is 0. The van der Waals surface area contributed by atoms with Gasteiger partial charge in [0.1, 0.15) is 5.52 Å². The molecule has 3 aromatic heterocycles. The molecule has 0 atom stereocenters. The zero-order chi connectivity index (χ0) is 16.7. The molecule has 3 heterocycles. The highest BCUT2D eigenvalue weighted by atomic mass is 32.1. The topological polar surface area (TPSA) is 73.8 Å². The minimum atomic E-state index is -0.353. The van der Waals surface area contributed by atoms with Crippen molar-refractivity contribution < 1.29 is 4.92 Å². The average molecular weight is 336 g/mol. The molecule has 0 aliphatic heterocycles. The lowest BCUT2D eigenvalue weighted by atomic mass is 10.1. The van der Waals surface area contributed by atoms with Gasteiger partial charge in [0.15, 0.2) is 11.5 Å². The van der Waals surface area contributed by atoms with Crippen LogP contribution in [-0.2, 0) is 7.05 Å². The minimum Gasteiger partial charge on any atom is -0.311 e. The Hall–Kier alpha value is -3.06. The van der Waals surface area contributed by atoms with Gasteiger partial charge in [-0.05, 0) is 30.3 Å². The lowest BCUT2D eigenvalue weighted by Crippen LogP contribution is -1.91. The van der Waals surface area contributed by atoms with E-state index in [-0.39, 0.29) is 10.6 Å². The Kier molecular flexibility index (Phi) is 3.35. The number of imidazole rings is 1. The molecule has 0 unspecified atom stereocenters. The third-order valence-corrected chi connectivity index (χ3v) is 4.93. The number of thiophene rings is 1. The molecule has 1 aromatic carbocycles. The highest BCUT2D eigenvalue weighted by Crippen LogP contribution is 2.38. The second-order valence-electron chi connectivity index (χ2n) is 5.28. The third-order valence-electron chi connectivity index (χ3n) is 3.82. The maximum atomic E-state index is 11.2. The van der Waals surface area contributed by atoms with Gasteiger partial charge in [-0.25, -0.2) is 9.97 Å². The maximum absolute atomic E-state index is 11.2. The Morgan fingerprint density at radius 2 is 1.88 bits per heavy atom. The third kappa shape index (κ3) is 2.26. The predicted molar refractivity (Wildman–Crippen MR) is 93.9 cm³/mol. The van der Waals surface area contributed by atoms with Crippen LogP contribution in [0.4, 0.5) is 5.69 Å². The summed E-state index contributed by atoms with van der Waals surface area (Å²) < 4.78 is 1.93. The fourth-order valence-corrected chi connectivity index (χ4v) is 3.75. The molecule has 118 valence electrons. The van der Waals surface area contributed by atoms with Crippen LogP contribution in [0.15, 0.2) is 54.7 Å². The average Bonchev–Trinajstić information content (AvgIpc) is 3.20. The number of fused-ring (bicyclic) bond motifs is 1. The number of nitrogens with zero attached hydrogens (tertiary/aromatic N) is 4. The molecule has 0 spiro atoms. The summed E-state index contributed by atoms with van der Waals surface area (Å²) in [4.78, 5) is 21.6. The van der Waals surface area contributed by atoms with Crippen LogP contribution in [0.25, 0.3) is 32.3 Å². The van der Waals surface area contributed by atoms with E-state index in [1.54, 1.807) is 24.4 Å². The van der Waals surface area contributed by atoms with Crippen molar-refractivity contribution in [1.29, 1.82) is 0 Å². The molecule has 0 aliphatic carbocycles. The van der Waals surface area contributed by atoms with Crippen molar-refractivity contribution in [3.8, 4) is 21.1 Å². The molecular weight excluding hydrogens is 324 g/mol. The van der Waals surface area contributed by atoms with E-state index in [0.29, 0.717) is 5.56 Å². The summed E-state index contributed by atoms with van der Waals surface area (Å²) in [5.41, 5.74) is 2.37. The van der Waals surface area contributed by atoms with Crippen molar-refractivity contribution in [1.82, 2.24) is 14.5 Å². The van der Waals surface area contributed by atoms with Crippen LogP contribution in [0.5, 0.6) is 0 Å². The Balaban J connectivity index is 1.83. The van der Waals surface area contributed by atoms with Gasteiger partial charge in [-0.2, -0.15) is 0 Å². The standard InChI is InChI=1S/C17H12N4O2S/c1-20-16-12(6-4-10-18-16)19-17(20)15-9-8-14(24-15)11-5-2-3-7-13(11)21(22)23/h2-10H,1H3. The molecule has 0 bridgehead atoms. The molecule has 0 fully saturated rings. The number of nitro benzene ring substituents is 1. The largest absolute Gasteiger partial charge is 0.311 e. The van der Waals surface area contributed by atoms with E-state index in [0.717, 1.165) is 26.7 Å². The predicted octanol–water partition coefficient (Wildman–Crippen LogP) is 4.27. The van der Waals surface area contributed by atoms with Crippen molar-refractivity contribution in [3.05, 3.63) is 64.8 Å². The lowest BCUT2D eigenvalue weighted by molar-refractivity contribution is -0.384. The number of para-hydroxylation sites is 1. The molecule has 0 saturated heterocycles. The number of benzene rings is 1. The SMILES string of the molecule is Cn1c(-c2ccc(-c3ccccc3[N+](=O)[O-])s2)nc2cccnc21. The van der Waals surface area contributed by atoms with Crippen LogP contribution >= 0.6 is 11.3 Å². The van der Waals surface area contributed by atoms with E-state index in [1.165, 1.54) is 17.4 Å². The van der Waals surface area contributed by atoms with Gasteiger partial charge >= 0.3 is 0 Å². The number of aromatic nitrogens is 3. The highest BCUT2D eigenvalue weighted by molar-refractivity contribution is 7.18. The van der Waals surface area contributed by atoms with E-state index in [1.807, 2.05) is 35.9 Å². The first-order chi connectivity index (χ1) is 11.6. The van der Waals surface area contributed by atoms with Crippen molar-refractivity contribution in [2.45, 2.75) is 0 Å². The summed E-state index contributed by atoms with van der Waals surface area (Å²) in [6.45, 7) is 0. The van der Waals surface area contributed by atoms with Crippen molar-refractivity contribution >= 4 is 28.2 Å². The zero-order valence-corrected chi connectivity index (χ0v) is 13.5. The molecule has 0 radical (unpaired) electrons. The Labute approximate surface area is 141 Å². The fraction of sp³-hybridized carbons (Fsp3) is 0.0588. The van der Waals surface area contributed by atoms with Gasteiger partial charge in [-0.3, -0.25) is 10.1 Å². The van der Waals surface area contributed by atoms with Crippen molar-refractivity contribution in [3.63, 3.8) is 0 Å². The smallest absolute Gasteiger partial charge is 0.278 e. The molecular formula is C17H12N4O2S. The van der Waals surface area contributed by atoms with Crippen LogP contribution in [0.3, 0.4) is 0 Å². The van der Waals surface area contributed by atoms with Crippen LogP contribution in [-0.4, -0.2) is 19.5 Å². The second kappa shape index (κ2) is 5.54. The molecule has 4 rings (SSSR count). The Morgan fingerprint density at radius 1 is 1.08 bits per heavy atom. The van der Waals surface area contributed by atoms with E-state index in [4.69, 9.17) is 0 Å². The second-order valence-corrected chi connectivity index (χ2v) is 6.36. The van der Waals surface area contributed by atoms with Gasteiger partial charge in [0, 0.05) is 24.2 Å². The molecule has 7 heteroatoms. The minimum absolute atomic E-state index is 0.109. The van der Waals surface area contributed by atoms with Gasteiger partial charge in [0.05, 0.1) is 15.4 Å². The van der Waals surface area contributed by atoms with Gasteiger partial charge in [0.25, 0.3) is 5.69 Å². The van der Waals surface area contributed by atoms with E-state index < -0.39 is 0 Å². The van der Waals surface area contributed by atoms with Gasteiger partial charge in [-0.15, -0.1) is 11.3 Å². The van der Waals surface area contributed by atoms with E-state index >= 15 is 0 Å². The normalized spacial score (nSPS) is 11.0. The summed E-state index contributed by atoms with van der Waals surface area (Å²) in [6.07, 6.45) is 1.74. The first-order valence-electron chi connectivity index (χ1n) is 7.26. The summed E-state index contributed by atoms with van der Waals surface area (Å²) >= 11 is 1.48. The van der Waals surface area contributed by atoms with E-state index in [9.17, 15) is 10.1 Å². The molecule has 6 nitrogen and oxygen atoms in total. The number of aryl methyl sites for hydroxylation is 1. The van der Waals surface area contributed by atoms with Gasteiger partial charge < -0.3 is 4.57 Å². The quantitative estimate of drug-likeness (QED) is 0.413. The molecule has 24 heavy (non-hydrogen) atoms. The van der Waals surface area contributed by atoms with E-state index in [2.05, 4.69) is 9.97 Å². The number of nitro groups is 1. The first-order valence-corrected chi connectivity index (χ1v) is 8.08. The summed E-state index contributed by atoms with van der Waals surface area (Å²) in [5.74, 6) is 0.804. The monoisotopic (exact) mass is 336 g/mol. The molecule has 0 amide bonds. The first kappa shape index (κ1) is 14.5. The Bertz CT molecular complexity index is 1070. The molecule has 0 saturated carbocycles. The maximum Gasteiger partial charge on any atom is 0.278 e. The summed E-state index contributed by atoms with van der Waals surface area (Å²) in [5, 5.41) is 11.2. The summed E-state index contributed by atoms with van der Waals surface area (Å²) in [6, 6.07) is 14.4. The molecule has 4 aromatic rings. The van der Waals surface area contributed by atoms with Crippen LogP contribution in [0.2, 0.25) is 0 Å². The number of rotatable bonds is 3. The number of hydrogen-bond acceptors (Lipinski definition) is 5.